The zero-order chi connectivity index (χ0) is 14.7. The summed E-state index contributed by atoms with van der Waals surface area (Å²) < 4.78 is 0. The van der Waals surface area contributed by atoms with Crippen LogP contribution in [0.1, 0.15) is 32.9 Å². The van der Waals surface area contributed by atoms with Crippen LogP contribution in [0.3, 0.4) is 0 Å². The van der Waals surface area contributed by atoms with Crippen molar-refractivity contribution in [2.45, 2.75) is 39.8 Å². The summed E-state index contributed by atoms with van der Waals surface area (Å²) in [7, 11) is 0. The van der Waals surface area contributed by atoms with Crippen LogP contribution in [0.25, 0.3) is 0 Å². The Hall–Kier alpha value is -0.690. The number of rotatable bonds is 5. The van der Waals surface area contributed by atoms with E-state index in [0.29, 0.717) is 18.5 Å². The van der Waals surface area contributed by atoms with Crippen molar-refractivity contribution in [1.82, 2.24) is 9.88 Å². The molecule has 0 aromatic carbocycles. The molecule has 0 radical (unpaired) electrons. The monoisotopic (exact) mass is 332 g/mol. The average molecular weight is 333 g/mol. The van der Waals surface area contributed by atoms with Crippen LogP contribution in [0.2, 0.25) is 0 Å². The molecule has 0 spiro atoms. The molecule has 1 fully saturated rings. The summed E-state index contributed by atoms with van der Waals surface area (Å²) >= 11 is 1.54. The van der Waals surface area contributed by atoms with Gasteiger partial charge in [0, 0.05) is 38.0 Å². The first-order valence-corrected chi connectivity index (χ1v) is 8.09. The molecule has 1 aliphatic rings. The molecule has 0 bridgehead atoms. The van der Waals surface area contributed by atoms with Crippen molar-refractivity contribution >= 4 is 34.8 Å². The molecule has 2 N–H and O–H groups in total. The van der Waals surface area contributed by atoms with E-state index >= 15 is 0 Å². The third kappa shape index (κ3) is 4.39. The number of likely N-dealkylation sites (tertiary alicyclic amines) is 1. The lowest BCUT2D eigenvalue weighted by atomic mass is 10.1. The Balaban J connectivity index is 0.00000220. The van der Waals surface area contributed by atoms with E-state index in [2.05, 4.69) is 22.2 Å². The van der Waals surface area contributed by atoms with Crippen LogP contribution in [0, 0.1) is 5.92 Å². The van der Waals surface area contributed by atoms with Crippen LogP contribution in [0.15, 0.2) is 5.38 Å². The number of thiazole rings is 1. The number of hydrogen-bond donors (Lipinski definition) is 1. The SMILES string of the molecule is CCN(C(C)=O)c1nc(CN2CC(CN)CC2C)cs1.Cl. The number of anilines is 1. The van der Waals surface area contributed by atoms with Gasteiger partial charge in [-0.05, 0) is 32.7 Å². The molecular weight excluding hydrogens is 308 g/mol. The second-order valence-corrected chi connectivity index (χ2v) is 6.34. The maximum absolute atomic E-state index is 11.5. The van der Waals surface area contributed by atoms with Crippen molar-refractivity contribution in [3.8, 4) is 0 Å². The highest BCUT2D eigenvalue weighted by atomic mass is 35.5. The highest BCUT2D eigenvalue weighted by Gasteiger charge is 2.28. The molecule has 21 heavy (non-hydrogen) atoms. The van der Waals surface area contributed by atoms with Crippen molar-refractivity contribution in [2.75, 3.05) is 24.5 Å². The molecule has 1 aliphatic heterocycles. The maximum atomic E-state index is 11.5. The van der Waals surface area contributed by atoms with Crippen molar-refractivity contribution in [3.63, 3.8) is 0 Å². The summed E-state index contributed by atoms with van der Waals surface area (Å²) in [5.41, 5.74) is 6.81. The van der Waals surface area contributed by atoms with E-state index < -0.39 is 0 Å². The number of carbonyl (C=O) groups excluding carboxylic acids is 1. The van der Waals surface area contributed by atoms with Gasteiger partial charge in [0.15, 0.2) is 5.13 Å². The summed E-state index contributed by atoms with van der Waals surface area (Å²) in [6.45, 7) is 9.12. The number of amides is 1. The zero-order valence-corrected chi connectivity index (χ0v) is 14.5. The van der Waals surface area contributed by atoms with Gasteiger partial charge >= 0.3 is 0 Å². The summed E-state index contributed by atoms with van der Waals surface area (Å²) in [6, 6.07) is 0.559. The number of hydrogen-bond acceptors (Lipinski definition) is 5. The van der Waals surface area contributed by atoms with Crippen LogP contribution < -0.4 is 10.6 Å². The second-order valence-electron chi connectivity index (χ2n) is 5.50. The molecule has 2 atom stereocenters. The van der Waals surface area contributed by atoms with Crippen LogP contribution >= 0.6 is 23.7 Å². The van der Waals surface area contributed by atoms with E-state index in [0.717, 1.165) is 30.5 Å². The predicted octanol–water partition coefficient (Wildman–Crippen LogP) is 2.11. The summed E-state index contributed by atoms with van der Waals surface area (Å²) in [4.78, 5) is 20.3. The fraction of sp³-hybridized carbons (Fsp3) is 0.714. The van der Waals surface area contributed by atoms with E-state index in [1.807, 2.05) is 6.92 Å². The van der Waals surface area contributed by atoms with Crippen LogP contribution in [0.5, 0.6) is 0 Å². The van der Waals surface area contributed by atoms with Crippen LogP contribution in [-0.2, 0) is 11.3 Å². The molecule has 120 valence electrons. The van der Waals surface area contributed by atoms with Crippen molar-refractivity contribution in [2.24, 2.45) is 11.7 Å². The first kappa shape index (κ1) is 18.4. The fourth-order valence-corrected chi connectivity index (χ4v) is 3.73. The molecule has 2 unspecified atom stereocenters. The van der Waals surface area contributed by atoms with Gasteiger partial charge in [0.05, 0.1) is 5.69 Å². The van der Waals surface area contributed by atoms with E-state index in [4.69, 9.17) is 5.73 Å². The van der Waals surface area contributed by atoms with Gasteiger partial charge in [-0.3, -0.25) is 14.6 Å². The fourth-order valence-electron chi connectivity index (χ4n) is 2.80. The van der Waals surface area contributed by atoms with Gasteiger partial charge in [-0.2, -0.15) is 0 Å². The summed E-state index contributed by atoms with van der Waals surface area (Å²) in [5.74, 6) is 0.651. The topological polar surface area (TPSA) is 62.5 Å². The van der Waals surface area contributed by atoms with Crippen LogP contribution in [-0.4, -0.2) is 41.5 Å². The summed E-state index contributed by atoms with van der Waals surface area (Å²) in [6.07, 6.45) is 1.17. The zero-order valence-electron chi connectivity index (χ0n) is 12.9. The minimum Gasteiger partial charge on any atom is -0.330 e. The molecule has 0 saturated carbocycles. The normalized spacial score (nSPS) is 22.1. The maximum Gasteiger partial charge on any atom is 0.225 e. The highest BCUT2D eigenvalue weighted by molar-refractivity contribution is 7.14. The Morgan fingerprint density at radius 2 is 2.33 bits per heavy atom. The standard InChI is InChI=1S/C14H24N4OS.ClH/c1-4-18(11(3)19)14-16-13(9-20-14)8-17-7-12(6-15)5-10(17)2;/h9-10,12H,4-8,15H2,1-3H3;1H. The van der Waals surface area contributed by atoms with Gasteiger partial charge in [0.2, 0.25) is 5.91 Å². The lowest BCUT2D eigenvalue weighted by molar-refractivity contribution is -0.116. The molecule has 1 aromatic rings. The largest absolute Gasteiger partial charge is 0.330 e. The van der Waals surface area contributed by atoms with Gasteiger partial charge in [-0.1, -0.05) is 0 Å². The predicted molar refractivity (Wildman–Crippen MR) is 90.1 cm³/mol. The van der Waals surface area contributed by atoms with Crippen molar-refractivity contribution in [3.05, 3.63) is 11.1 Å². The average Bonchev–Trinajstić information content (AvgIpc) is 2.98. The van der Waals surface area contributed by atoms with Crippen LogP contribution in [0.4, 0.5) is 5.13 Å². The van der Waals surface area contributed by atoms with Gasteiger partial charge in [-0.15, -0.1) is 23.7 Å². The van der Waals surface area contributed by atoms with E-state index in [-0.39, 0.29) is 18.3 Å². The van der Waals surface area contributed by atoms with E-state index in [1.54, 1.807) is 23.2 Å². The molecular formula is C14H25ClN4OS. The Morgan fingerprint density at radius 3 is 2.86 bits per heavy atom. The third-order valence-electron chi connectivity index (χ3n) is 3.96. The van der Waals surface area contributed by atoms with Crippen molar-refractivity contribution < 1.29 is 4.79 Å². The molecule has 0 aliphatic carbocycles. The molecule has 2 heterocycles. The smallest absolute Gasteiger partial charge is 0.225 e. The number of nitrogens with two attached hydrogens (primary N) is 1. The minimum absolute atomic E-state index is 0. The molecule has 1 aromatic heterocycles. The number of carbonyl (C=O) groups is 1. The van der Waals surface area contributed by atoms with E-state index in [9.17, 15) is 4.79 Å². The second kappa shape index (κ2) is 8.08. The summed E-state index contributed by atoms with van der Waals surface area (Å²) in [5, 5.41) is 2.86. The Bertz CT molecular complexity index is 468. The molecule has 2 rings (SSSR count). The first-order chi connectivity index (χ1) is 9.55. The molecule has 7 heteroatoms. The first-order valence-electron chi connectivity index (χ1n) is 7.21. The number of nitrogens with zero attached hydrogens (tertiary/aromatic N) is 3. The molecule has 1 amide bonds. The van der Waals surface area contributed by atoms with Gasteiger partial charge in [0.25, 0.3) is 0 Å². The lowest BCUT2D eigenvalue weighted by Gasteiger charge is -2.19. The molecule has 5 nitrogen and oxygen atoms in total. The highest BCUT2D eigenvalue weighted by Crippen LogP contribution is 2.26. The number of halogens is 1. The lowest BCUT2D eigenvalue weighted by Crippen LogP contribution is -2.29. The van der Waals surface area contributed by atoms with Crippen molar-refractivity contribution in [1.29, 1.82) is 0 Å². The Morgan fingerprint density at radius 1 is 1.62 bits per heavy atom. The van der Waals surface area contributed by atoms with Gasteiger partial charge in [-0.25, -0.2) is 4.98 Å². The van der Waals surface area contributed by atoms with E-state index in [1.165, 1.54) is 6.42 Å². The quantitative estimate of drug-likeness (QED) is 0.897. The van der Waals surface area contributed by atoms with Gasteiger partial charge < -0.3 is 5.73 Å². The number of aromatic nitrogens is 1. The molecule has 1 saturated heterocycles. The Labute approximate surface area is 136 Å². The van der Waals surface area contributed by atoms with Gasteiger partial charge in [0.1, 0.15) is 0 Å². The Kier molecular flexibility index (Phi) is 7.06. The minimum atomic E-state index is 0. The third-order valence-corrected chi connectivity index (χ3v) is 4.87.